The van der Waals surface area contributed by atoms with E-state index in [0.717, 1.165) is 24.3 Å². The fraction of sp³-hybridized carbons (Fsp3) is 0.273. The zero-order chi connectivity index (χ0) is 17.0. The second-order valence-corrected chi connectivity index (χ2v) is 7.98. The minimum Gasteiger partial charge on any atom is -0.122 e. The first-order valence-corrected chi connectivity index (χ1v) is 10.4. The third-order valence-corrected chi connectivity index (χ3v) is 5.98. The summed E-state index contributed by atoms with van der Waals surface area (Å²) in [6.45, 7) is 4.47. The largest absolute Gasteiger partial charge is 0.122 e. The quantitative estimate of drug-likeness (QED) is 0.264. The molecule has 2 heteroatoms. The van der Waals surface area contributed by atoms with Gasteiger partial charge in [0.1, 0.15) is 0 Å². The lowest BCUT2D eigenvalue weighted by molar-refractivity contribution is 1.02. The Morgan fingerprint density at radius 2 is 1.04 bits per heavy atom. The van der Waals surface area contributed by atoms with E-state index >= 15 is 0 Å². The SMILES string of the molecule is C/C(=C\CC/C=C(\C)CSc1ccccc1)CSc1ccccc1. The van der Waals surface area contributed by atoms with Crippen LogP contribution >= 0.6 is 23.5 Å². The molecule has 2 aromatic carbocycles. The molecule has 0 aromatic heterocycles. The van der Waals surface area contributed by atoms with E-state index in [1.54, 1.807) is 0 Å². The zero-order valence-electron chi connectivity index (χ0n) is 14.6. The van der Waals surface area contributed by atoms with Crippen molar-refractivity contribution in [1.82, 2.24) is 0 Å². The van der Waals surface area contributed by atoms with E-state index in [2.05, 4.69) is 86.7 Å². The highest BCUT2D eigenvalue weighted by atomic mass is 32.2. The Balaban J connectivity index is 1.64. The molecule has 0 fully saturated rings. The summed E-state index contributed by atoms with van der Waals surface area (Å²) in [4.78, 5) is 2.69. The van der Waals surface area contributed by atoms with Crippen LogP contribution in [0.5, 0.6) is 0 Å². The van der Waals surface area contributed by atoms with Crippen molar-refractivity contribution in [1.29, 1.82) is 0 Å². The molecule has 0 aliphatic carbocycles. The van der Waals surface area contributed by atoms with E-state index in [9.17, 15) is 0 Å². The predicted octanol–water partition coefficient (Wildman–Crippen LogP) is 7.24. The Morgan fingerprint density at radius 1 is 0.667 bits per heavy atom. The van der Waals surface area contributed by atoms with E-state index in [4.69, 9.17) is 0 Å². The van der Waals surface area contributed by atoms with Crippen molar-refractivity contribution in [2.24, 2.45) is 0 Å². The summed E-state index contributed by atoms with van der Waals surface area (Å²) in [6, 6.07) is 21.2. The fourth-order valence-corrected chi connectivity index (χ4v) is 3.93. The molecule has 0 aliphatic heterocycles. The average Bonchev–Trinajstić information content (AvgIpc) is 2.63. The molecular weight excluding hydrogens is 328 g/mol. The normalized spacial score (nSPS) is 12.4. The van der Waals surface area contributed by atoms with Crippen LogP contribution in [0.4, 0.5) is 0 Å². The van der Waals surface area contributed by atoms with Crippen molar-refractivity contribution in [2.75, 3.05) is 11.5 Å². The van der Waals surface area contributed by atoms with E-state index in [1.165, 1.54) is 20.9 Å². The number of allylic oxidation sites excluding steroid dienone is 2. The van der Waals surface area contributed by atoms with Crippen LogP contribution in [0.3, 0.4) is 0 Å². The monoisotopic (exact) mass is 354 g/mol. The van der Waals surface area contributed by atoms with Gasteiger partial charge in [0.25, 0.3) is 0 Å². The lowest BCUT2D eigenvalue weighted by Crippen LogP contribution is -1.84. The number of hydrogen-bond acceptors (Lipinski definition) is 2. The van der Waals surface area contributed by atoms with Gasteiger partial charge in [0.05, 0.1) is 0 Å². The molecule has 24 heavy (non-hydrogen) atoms. The van der Waals surface area contributed by atoms with Gasteiger partial charge >= 0.3 is 0 Å². The van der Waals surface area contributed by atoms with E-state index < -0.39 is 0 Å². The molecule has 0 spiro atoms. The van der Waals surface area contributed by atoms with Crippen molar-refractivity contribution < 1.29 is 0 Å². The van der Waals surface area contributed by atoms with Crippen LogP contribution in [0.1, 0.15) is 26.7 Å². The van der Waals surface area contributed by atoms with E-state index in [-0.39, 0.29) is 0 Å². The van der Waals surface area contributed by atoms with Crippen molar-refractivity contribution in [3.05, 3.63) is 84.0 Å². The molecule has 126 valence electrons. The van der Waals surface area contributed by atoms with Crippen LogP contribution in [-0.4, -0.2) is 11.5 Å². The van der Waals surface area contributed by atoms with Gasteiger partial charge in [-0.3, -0.25) is 0 Å². The highest BCUT2D eigenvalue weighted by Gasteiger charge is 1.96. The molecule has 0 unspecified atom stereocenters. The summed E-state index contributed by atoms with van der Waals surface area (Å²) in [5.41, 5.74) is 2.93. The molecule has 0 radical (unpaired) electrons. The highest BCUT2D eigenvalue weighted by molar-refractivity contribution is 7.99. The second-order valence-electron chi connectivity index (χ2n) is 5.88. The first kappa shape index (κ1) is 19.0. The molecule has 0 atom stereocenters. The molecule has 0 nitrogen and oxygen atoms in total. The molecule has 0 heterocycles. The van der Waals surface area contributed by atoms with Crippen LogP contribution in [0.15, 0.2) is 93.8 Å². The minimum absolute atomic E-state index is 1.08. The average molecular weight is 355 g/mol. The standard InChI is InChI=1S/C22H26S2/c1-19(17-23-21-13-5-3-6-14-21)11-9-10-12-20(2)18-24-22-15-7-4-8-16-22/h3-8,11-16H,9-10,17-18H2,1-2H3/b19-11+,20-12+. The minimum atomic E-state index is 1.08. The molecule has 2 rings (SSSR count). The van der Waals surface area contributed by atoms with Crippen molar-refractivity contribution in [3.63, 3.8) is 0 Å². The van der Waals surface area contributed by atoms with Crippen molar-refractivity contribution in [2.45, 2.75) is 36.5 Å². The summed E-state index contributed by atoms with van der Waals surface area (Å²) in [7, 11) is 0. The first-order valence-electron chi connectivity index (χ1n) is 8.41. The van der Waals surface area contributed by atoms with Crippen LogP contribution in [0, 0.1) is 0 Å². The maximum absolute atomic E-state index is 2.38. The Labute approximate surface area is 155 Å². The van der Waals surface area contributed by atoms with Gasteiger partial charge < -0.3 is 0 Å². The first-order chi connectivity index (χ1) is 11.7. The van der Waals surface area contributed by atoms with Gasteiger partial charge in [-0.25, -0.2) is 0 Å². The van der Waals surface area contributed by atoms with Gasteiger partial charge in [-0.2, -0.15) is 0 Å². The van der Waals surface area contributed by atoms with E-state index in [0.29, 0.717) is 0 Å². The molecule has 0 saturated heterocycles. The summed E-state index contributed by atoms with van der Waals surface area (Å²) in [5.74, 6) is 2.16. The summed E-state index contributed by atoms with van der Waals surface area (Å²) < 4.78 is 0. The highest BCUT2D eigenvalue weighted by Crippen LogP contribution is 2.21. The van der Waals surface area contributed by atoms with Gasteiger partial charge in [0, 0.05) is 21.3 Å². The van der Waals surface area contributed by atoms with Gasteiger partial charge in [0.15, 0.2) is 0 Å². The maximum atomic E-state index is 2.38. The van der Waals surface area contributed by atoms with Gasteiger partial charge in [-0.15, -0.1) is 23.5 Å². The van der Waals surface area contributed by atoms with Crippen molar-refractivity contribution in [3.8, 4) is 0 Å². The molecular formula is C22H26S2. The van der Waals surface area contributed by atoms with Gasteiger partial charge in [-0.05, 0) is 51.0 Å². The number of benzene rings is 2. The zero-order valence-corrected chi connectivity index (χ0v) is 16.2. The number of rotatable bonds is 9. The summed E-state index contributed by atoms with van der Waals surface area (Å²) in [6.07, 6.45) is 7.02. The van der Waals surface area contributed by atoms with Crippen molar-refractivity contribution >= 4 is 23.5 Å². The topological polar surface area (TPSA) is 0 Å². The van der Waals surface area contributed by atoms with Crippen LogP contribution in [0.25, 0.3) is 0 Å². The lowest BCUT2D eigenvalue weighted by Gasteiger charge is -2.03. The Hall–Kier alpha value is -1.38. The second kappa shape index (κ2) is 11.2. The molecule has 0 N–H and O–H groups in total. The fourth-order valence-electron chi connectivity index (χ4n) is 2.21. The van der Waals surface area contributed by atoms with Gasteiger partial charge in [0.2, 0.25) is 0 Å². The van der Waals surface area contributed by atoms with Crippen LogP contribution in [0.2, 0.25) is 0 Å². The van der Waals surface area contributed by atoms with Crippen LogP contribution in [-0.2, 0) is 0 Å². The third kappa shape index (κ3) is 7.94. The van der Waals surface area contributed by atoms with Crippen LogP contribution < -0.4 is 0 Å². The third-order valence-electron chi connectivity index (χ3n) is 3.57. The van der Waals surface area contributed by atoms with E-state index in [1.807, 2.05) is 23.5 Å². The summed E-state index contributed by atoms with van der Waals surface area (Å²) in [5, 5.41) is 0. The Morgan fingerprint density at radius 3 is 1.42 bits per heavy atom. The maximum Gasteiger partial charge on any atom is 0.0187 e. The number of thioether (sulfide) groups is 2. The number of hydrogen-bond donors (Lipinski definition) is 0. The molecule has 0 saturated carbocycles. The molecule has 2 aromatic rings. The van der Waals surface area contributed by atoms with Gasteiger partial charge in [-0.1, -0.05) is 59.7 Å². The molecule has 0 bridgehead atoms. The predicted molar refractivity (Wildman–Crippen MR) is 111 cm³/mol. The molecule has 0 aliphatic rings. The summed E-state index contributed by atoms with van der Waals surface area (Å²) >= 11 is 3.82. The smallest absolute Gasteiger partial charge is 0.0187 e. The lowest BCUT2D eigenvalue weighted by atomic mass is 10.2. The number of unbranched alkanes of at least 4 members (excludes halogenated alkanes) is 1. The Bertz CT molecular complexity index is 583. The molecule has 0 amide bonds. The Kier molecular flexibility index (Phi) is 8.86.